The van der Waals surface area contributed by atoms with E-state index in [1.165, 1.54) is 212 Å². The van der Waals surface area contributed by atoms with Crippen LogP contribution in [0.25, 0.3) is 0 Å². The molecule has 1 aliphatic rings. The van der Waals surface area contributed by atoms with Gasteiger partial charge >= 0.3 is 5.97 Å². The number of carbonyl (C=O) groups is 2. The standard InChI is InChI=1S/C64H119NO10/c1-3-5-7-9-11-13-31-36-40-44-48-52-60(69)73-53-49-45-41-37-33-30-28-26-24-22-20-18-16-14-15-17-19-21-23-25-27-29-32-35-39-43-47-51-59(68)65-56(57(67)50-46-42-38-34-12-10-8-6-4-2)55-74-64-63(72)62(71)61(70)58(54-66)75-64/h9,11,14-15,46,50,56-58,61-64,66-67,70-72H,3-8,10,12-13,16-45,47-49,51-55H2,1-2H3,(H,65,68)/b11-9-,15-14-,50-46+. The summed E-state index contributed by atoms with van der Waals surface area (Å²) in [7, 11) is 0. The molecule has 0 aliphatic carbocycles. The minimum atomic E-state index is -1.57. The molecule has 75 heavy (non-hydrogen) atoms. The van der Waals surface area contributed by atoms with E-state index in [0.717, 1.165) is 57.8 Å². The van der Waals surface area contributed by atoms with Crippen LogP contribution in [0.3, 0.4) is 0 Å². The molecule has 11 heteroatoms. The van der Waals surface area contributed by atoms with Gasteiger partial charge in [0.25, 0.3) is 0 Å². The number of allylic oxidation sites excluding steroid dienone is 5. The lowest BCUT2D eigenvalue weighted by Gasteiger charge is -2.40. The number of hydrogen-bond acceptors (Lipinski definition) is 10. The number of rotatable bonds is 55. The van der Waals surface area contributed by atoms with Crippen LogP contribution in [-0.2, 0) is 23.8 Å². The molecule has 1 saturated heterocycles. The summed E-state index contributed by atoms with van der Waals surface area (Å²) in [5.74, 6) is -0.190. The number of esters is 1. The molecule has 440 valence electrons. The Kier molecular flexibility index (Phi) is 50.9. The first-order valence-electron chi connectivity index (χ1n) is 31.8. The molecule has 0 bridgehead atoms. The predicted octanol–water partition coefficient (Wildman–Crippen LogP) is 15.1. The van der Waals surface area contributed by atoms with Crippen LogP contribution in [0.15, 0.2) is 36.5 Å². The third-order valence-electron chi connectivity index (χ3n) is 15.0. The zero-order valence-corrected chi connectivity index (χ0v) is 48.5. The van der Waals surface area contributed by atoms with Crippen molar-refractivity contribution in [3.8, 4) is 0 Å². The molecule has 1 fully saturated rings. The van der Waals surface area contributed by atoms with E-state index in [9.17, 15) is 35.1 Å². The smallest absolute Gasteiger partial charge is 0.305 e. The molecule has 0 aromatic heterocycles. The summed E-state index contributed by atoms with van der Waals surface area (Å²) in [6, 6.07) is -0.809. The highest BCUT2D eigenvalue weighted by Crippen LogP contribution is 2.23. The van der Waals surface area contributed by atoms with Crippen molar-refractivity contribution < 1.29 is 49.3 Å². The molecule has 7 unspecified atom stereocenters. The second-order valence-electron chi connectivity index (χ2n) is 22.1. The molecule has 6 N–H and O–H groups in total. The van der Waals surface area contributed by atoms with Crippen molar-refractivity contribution in [1.82, 2.24) is 5.32 Å². The largest absolute Gasteiger partial charge is 0.466 e. The molecule has 11 nitrogen and oxygen atoms in total. The normalized spacial score (nSPS) is 18.9. The van der Waals surface area contributed by atoms with Gasteiger partial charge in [0.1, 0.15) is 24.4 Å². The van der Waals surface area contributed by atoms with Gasteiger partial charge in [0.15, 0.2) is 6.29 Å². The van der Waals surface area contributed by atoms with Gasteiger partial charge in [-0.15, -0.1) is 0 Å². The van der Waals surface area contributed by atoms with Crippen molar-refractivity contribution in [2.45, 2.75) is 339 Å². The van der Waals surface area contributed by atoms with Crippen molar-refractivity contribution in [3.05, 3.63) is 36.5 Å². The van der Waals surface area contributed by atoms with Gasteiger partial charge in [0, 0.05) is 12.8 Å². The number of ether oxygens (including phenoxy) is 3. The van der Waals surface area contributed by atoms with Crippen molar-refractivity contribution in [3.63, 3.8) is 0 Å². The van der Waals surface area contributed by atoms with Gasteiger partial charge in [-0.3, -0.25) is 9.59 Å². The Labute approximate surface area is 460 Å². The van der Waals surface area contributed by atoms with Crippen LogP contribution < -0.4 is 5.32 Å². The second kappa shape index (κ2) is 53.9. The summed E-state index contributed by atoms with van der Waals surface area (Å²) >= 11 is 0. The first-order valence-corrected chi connectivity index (χ1v) is 31.8. The number of hydrogen-bond donors (Lipinski definition) is 6. The van der Waals surface area contributed by atoms with Crippen molar-refractivity contribution in [1.29, 1.82) is 0 Å². The maximum atomic E-state index is 13.0. The monoisotopic (exact) mass is 1060 g/mol. The average molecular weight is 1060 g/mol. The van der Waals surface area contributed by atoms with E-state index in [4.69, 9.17) is 14.2 Å². The maximum absolute atomic E-state index is 13.0. The number of amides is 1. The van der Waals surface area contributed by atoms with Crippen LogP contribution in [0.4, 0.5) is 0 Å². The van der Waals surface area contributed by atoms with E-state index in [1.807, 2.05) is 6.08 Å². The van der Waals surface area contributed by atoms with Gasteiger partial charge in [0.05, 0.1) is 32.0 Å². The van der Waals surface area contributed by atoms with Gasteiger partial charge < -0.3 is 45.1 Å². The number of aliphatic hydroxyl groups is 5. The summed E-state index contributed by atoms with van der Waals surface area (Å²) in [6.07, 6.45) is 57.0. The summed E-state index contributed by atoms with van der Waals surface area (Å²) in [4.78, 5) is 25.0. The fraction of sp³-hybridized carbons (Fsp3) is 0.875. The molecule has 0 saturated carbocycles. The first kappa shape index (κ1) is 70.9. The Morgan fingerprint density at radius 1 is 0.480 bits per heavy atom. The van der Waals surface area contributed by atoms with E-state index in [1.54, 1.807) is 6.08 Å². The van der Waals surface area contributed by atoms with Gasteiger partial charge in [-0.1, -0.05) is 243 Å². The van der Waals surface area contributed by atoms with Crippen LogP contribution >= 0.6 is 0 Å². The lowest BCUT2D eigenvalue weighted by Crippen LogP contribution is -2.60. The fourth-order valence-electron chi connectivity index (χ4n) is 9.88. The first-order chi connectivity index (χ1) is 36.7. The highest BCUT2D eigenvalue weighted by molar-refractivity contribution is 5.76. The molecule has 0 spiro atoms. The summed E-state index contributed by atoms with van der Waals surface area (Å²) in [5.41, 5.74) is 0. The SMILES string of the molecule is CCCC/C=C\CCCCCCCC(=O)OCCCCCCCCCCCCCC/C=C\CCCCCCCCCCCCCC(=O)NC(COC1OC(CO)C(O)C(O)C1O)C(O)/C=C/CCCCCCCCC. The average Bonchev–Trinajstić information content (AvgIpc) is 3.41. The lowest BCUT2D eigenvalue weighted by atomic mass is 9.99. The van der Waals surface area contributed by atoms with Crippen LogP contribution in [0.5, 0.6) is 0 Å². The minimum Gasteiger partial charge on any atom is -0.466 e. The predicted molar refractivity (Wildman–Crippen MR) is 311 cm³/mol. The molecular formula is C64H119NO10. The summed E-state index contributed by atoms with van der Waals surface area (Å²) in [6.45, 7) is 4.29. The molecule has 1 rings (SSSR count). The quantitative estimate of drug-likeness (QED) is 0.0195. The van der Waals surface area contributed by atoms with Crippen LogP contribution in [0.2, 0.25) is 0 Å². The van der Waals surface area contributed by atoms with E-state index in [2.05, 4.69) is 43.5 Å². The molecular weight excluding hydrogens is 943 g/mol. The molecule has 0 radical (unpaired) electrons. The number of carbonyl (C=O) groups excluding carboxylic acids is 2. The molecule has 0 aromatic rings. The summed E-state index contributed by atoms with van der Waals surface area (Å²) in [5, 5.41) is 54.2. The lowest BCUT2D eigenvalue weighted by molar-refractivity contribution is -0.302. The minimum absolute atomic E-state index is 0.00582. The zero-order chi connectivity index (χ0) is 54.5. The third-order valence-corrected chi connectivity index (χ3v) is 15.0. The fourth-order valence-corrected chi connectivity index (χ4v) is 9.88. The van der Waals surface area contributed by atoms with E-state index in [-0.39, 0.29) is 18.5 Å². The van der Waals surface area contributed by atoms with Crippen molar-refractivity contribution in [2.24, 2.45) is 0 Å². The number of unbranched alkanes of at least 4 members (excludes halogenated alkanes) is 37. The van der Waals surface area contributed by atoms with Gasteiger partial charge in [-0.25, -0.2) is 0 Å². The Morgan fingerprint density at radius 2 is 0.867 bits per heavy atom. The topological polar surface area (TPSA) is 175 Å². The van der Waals surface area contributed by atoms with Gasteiger partial charge in [0.2, 0.25) is 5.91 Å². The highest BCUT2D eigenvalue weighted by atomic mass is 16.7. The van der Waals surface area contributed by atoms with Gasteiger partial charge in [-0.05, 0) is 77.0 Å². The van der Waals surface area contributed by atoms with Crippen molar-refractivity contribution in [2.75, 3.05) is 19.8 Å². The van der Waals surface area contributed by atoms with Crippen molar-refractivity contribution >= 4 is 11.9 Å². The Hall–Kier alpha value is -2.12. The van der Waals surface area contributed by atoms with Crippen LogP contribution in [-0.4, -0.2) is 100 Å². The van der Waals surface area contributed by atoms with Crippen LogP contribution in [0, 0.1) is 0 Å². The molecule has 1 heterocycles. The number of nitrogens with one attached hydrogen (secondary N) is 1. The zero-order valence-electron chi connectivity index (χ0n) is 48.5. The Morgan fingerprint density at radius 3 is 1.32 bits per heavy atom. The van der Waals surface area contributed by atoms with E-state index >= 15 is 0 Å². The highest BCUT2D eigenvalue weighted by Gasteiger charge is 2.44. The molecule has 0 aromatic carbocycles. The third kappa shape index (κ3) is 43.4. The molecule has 7 atom stereocenters. The maximum Gasteiger partial charge on any atom is 0.305 e. The van der Waals surface area contributed by atoms with Crippen LogP contribution in [0.1, 0.15) is 296 Å². The van der Waals surface area contributed by atoms with E-state index in [0.29, 0.717) is 19.4 Å². The van der Waals surface area contributed by atoms with E-state index < -0.39 is 49.5 Å². The molecule has 1 aliphatic heterocycles. The Bertz CT molecular complexity index is 1340. The summed E-state index contributed by atoms with van der Waals surface area (Å²) < 4.78 is 16.7. The Balaban J connectivity index is 1.97. The van der Waals surface area contributed by atoms with Gasteiger partial charge in [-0.2, -0.15) is 0 Å². The molecule has 1 amide bonds. The second-order valence-corrected chi connectivity index (χ2v) is 22.1. The number of aliphatic hydroxyl groups excluding tert-OH is 5.